The summed E-state index contributed by atoms with van der Waals surface area (Å²) in [4.78, 5) is 30.1. The Kier molecular flexibility index (Phi) is 6.51. The summed E-state index contributed by atoms with van der Waals surface area (Å²) < 4.78 is 7.74. The monoisotopic (exact) mass is 482 g/mol. The summed E-state index contributed by atoms with van der Waals surface area (Å²) in [6.07, 6.45) is 6.19. The van der Waals surface area contributed by atoms with Gasteiger partial charge in [0, 0.05) is 36.6 Å². The summed E-state index contributed by atoms with van der Waals surface area (Å²) in [5.74, 6) is -1.96. The van der Waals surface area contributed by atoms with Crippen molar-refractivity contribution < 1.29 is 14.4 Å². The van der Waals surface area contributed by atoms with Crippen molar-refractivity contribution in [3.05, 3.63) is 87.1 Å². The number of hydrogen-bond donors (Lipinski definition) is 2. The van der Waals surface area contributed by atoms with Crippen LogP contribution in [0.25, 0.3) is 0 Å². The number of aromatic hydroxyl groups is 1. The number of aromatic nitrogens is 5. The van der Waals surface area contributed by atoms with Crippen LogP contribution in [0, 0.1) is 0 Å². The molecule has 10 nitrogen and oxygen atoms in total. The molecule has 1 aromatic carbocycles. The van der Waals surface area contributed by atoms with E-state index in [9.17, 15) is 14.7 Å². The number of carbonyl (C=O) groups excluding carboxylic acids is 1. The standard InChI is InChI=1S/C23H23ClN6O4/c1-4-30-11-14(9-25-30)18(16-7-5-6-8-17(16)24)13(2)21-28-19(20(31)23(33)29(21)3)22(32)27-15-10-26-34-12-15/h5-13,18,31H,4H2,1-3H3,(H,27,32)/t13-,18-/m1/s1. The summed E-state index contributed by atoms with van der Waals surface area (Å²) in [7, 11) is 1.50. The molecule has 3 heterocycles. The molecule has 4 aromatic rings. The van der Waals surface area contributed by atoms with Crippen LogP contribution in [-0.4, -0.2) is 35.5 Å². The molecular formula is C23H23ClN6O4. The molecule has 34 heavy (non-hydrogen) atoms. The maximum Gasteiger partial charge on any atom is 0.296 e. The molecule has 4 rings (SSSR count). The zero-order valence-corrected chi connectivity index (χ0v) is 19.5. The van der Waals surface area contributed by atoms with Crippen molar-refractivity contribution in [2.75, 3.05) is 5.32 Å². The van der Waals surface area contributed by atoms with Gasteiger partial charge in [-0.2, -0.15) is 5.10 Å². The van der Waals surface area contributed by atoms with Crippen LogP contribution in [0.3, 0.4) is 0 Å². The Hall–Kier alpha value is -3.92. The summed E-state index contributed by atoms with van der Waals surface area (Å²) in [5, 5.41) is 21.4. The summed E-state index contributed by atoms with van der Waals surface area (Å²) in [6.45, 7) is 4.56. The molecule has 0 radical (unpaired) electrons. The van der Waals surface area contributed by atoms with E-state index in [-0.39, 0.29) is 11.6 Å². The van der Waals surface area contributed by atoms with E-state index in [1.165, 1.54) is 24.1 Å². The van der Waals surface area contributed by atoms with Crippen LogP contribution in [0.4, 0.5) is 5.69 Å². The van der Waals surface area contributed by atoms with Crippen LogP contribution in [0.5, 0.6) is 5.75 Å². The van der Waals surface area contributed by atoms with Gasteiger partial charge in [-0.05, 0) is 24.1 Å². The molecule has 0 spiro atoms. The Morgan fingerprint density at radius 3 is 2.71 bits per heavy atom. The van der Waals surface area contributed by atoms with E-state index >= 15 is 0 Å². The quantitative estimate of drug-likeness (QED) is 0.412. The molecule has 2 N–H and O–H groups in total. The number of rotatable bonds is 7. The number of halogens is 1. The molecule has 3 aromatic heterocycles. The van der Waals surface area contributed by atoms with Gasteiger partial charge in [-0.25, -0.2) is 4.98 Å². The Morgan fingerprint density at radius 2 is 2.06 bits per heavy atom. The minimum atomic E-state index is -0.764. The molecule has 0 aliphatic heterocycles. The van der Waals surface area contributed by atoms with Gasteiger partial charge in [-0.15, -0.1) is 0 Å². The van der Waals surface area contributed by atoms with E-state index in [4.69, 9.17) is 16.1 Å². The molecule has 1 amide bonds. The minimum absolute atomic E-state index is 0.266. The largest absolute Gasteiger partial charge is 0.501 e. The maximum atomic E-state index is 12.9. The first-order chi connectivity index (χ1) is 16.3. The summed E-state index contributed by atoms with van der Waals surface area (Å²) in [5.41, 5.74) is 0.829. The lowest BCUT2D eigenvalue weighted by molar-refractivity contribution is 0.101. The number of nitrogens with zero attached hydrogens (tertiary/aromatic N) is 5. The highest BCUT2D eigenvalue weighted by Gasteiger charge is 2.31. The van der Waals surface area contributed by atoms with Gasteiger partial charge < -0.3 is 14.9 Å². The number of amides is 1. The van der Waals surface area contributed by atoms with Gasteiger partial charge in [0.25, 0.3) is 11.5 Å². The molecule has 0 saturated carbocycles. The van der Waals surface area contributed by atoms with E-state index in [1.54, 1.807) is 16.9 Å². The number of benzene rings is 1. The number of aryl methyl sites for hydroxylation is 1. The van der Waals surface area contributed by atoms with Crippen LogP contribution in [0.15, 0.2) is 58.4 Å². The molecule has 176 valence electrons. The van der Waals surface area contributed by atoms with Gasteiger partial charge in [0.2, 0.25) is 5.75 Å². The van der Waals surface area contributed by atoms with Crippen molar-refractivity contribution in [2.24, 2.45) is 7.05 Å². The molecule has 0 saturated heterocycles. The summed E-state index contributed by atoms with van der Waals surface area (Å²) >= 11 is 6.56. The van der Waals surface area contributed by atoms with Crippen LogP contribution in [0.1, 0.15) is 53.1 Å². The first kappa shape index (κ1) is 23.2. The first-order valence-corrected chi connectivity index (χ1v) is 11.0. The van der Waals surface area contributed by atoms with Crippen molar-refractivity contribution in [2.45, 2.75) is 32.2 Å². The van der Waals surface area contributed by atoms with Gasteiger partial charge in [0.1, 0.15) is 17.8 Å². The van der Waals surface area contributed by atoms with Crippen molar-refractivity contribution >= 4 is 23.2 Å². The fourth-order valence-corrected chi connectivity index (χ4v) is 4.21. The highest BCUT2D eigenvalue weighted by molar-refractivity contribution is 6.31. The third-order valence-electron chi connectivity index (χ3n) is 5.69. The third-order valence-corrected chi connectivity index (χ3v) is 6.03. The first-order valence-electron chi connectivity index (χ1n) is 10.6. The van der Waals surface area contributed by atoms with Crippen molar-refractivity contribution in [3.8, 4) is 5.75 Å². The predicted molar refractivity (Wildman–Crippen MR) is 125 cm³/mol. The summed E-state index contributed by atoms with van der Waals surface area (Å²) in [6, 6.07) is 7.42. The molecule has 2 atom stereocenters. The average Bonchev–Trinajstić information content (AvgIpc) is 3.51. The average molecular weight is 483 g/mol. The van der Waals surface area contributed by atoms with Gasteiger partial charge >= 0.3 is 0 Å². The Morgan fingerprint density at radius 1 is 1.29 bits per heavy atom. The van der Waals surface area contributed by atoms with E-state index in [2.05, 4.69) is 20.6 Å². The van der Waals surface area contributed by atoms with Crippen molar-refractivity contribution in [3.63, 3.8) is 0 Å². The second-order valence-corrected chi connectivity index (χ2v) is 8.22. The fraction of sp³-hybridized carbons (Fsp3) is 0.261. The molecule has 0 unspecified atom stereocenters. The second-order valence-electron chi connectivity index (χ2n) is 7.82. The number of nitrogens with one attached hydrogen (secondary N) is 1. The van der Waals surface area contributed by atoms with Crippen molar-refractivity contribution in [1.82, 2.24) is 24.5 Å². The van der Waals surface area contributed by atoms with Crippen molar-refractivity contribution in [1.29, 1.82) is 0 Å². The number of hydrogen-bond acceptors (Lipinski definition) is 7. The normalized spacial score (nSPS) is 12.9. The maximum absolute atomic E-state index is 12.9. The molecule has 11 heteroatoms. The molecule has 0 fully saturated rings. The van der Waals surface area contributed by atoms with Crippen LogP contribution in [0.2, 0.25) is 5.02 Å². The lowest BCUT2D eigenvalue weighted by Crippen LogP contribution is -2.29. The smallest absolute Gasteiger partial charge is 0.296 e. The number of carbonyl (C=O) groups is 1. The predicted octanol–water partition coefficient (Wildman–Crippen LogP) is 3.53. The Balaban J connectivity index is 1.83. The highest BCUT2D eigenvalue weighted by Crippen LogP contribution is 2.40. The number of anilines is 1. The zero-order valence-electron chi connectivity index (χ0n) is 18.8. The van der Waals surface area contributed by atoms with E-state index in [0.717, 1.165) is 11.1 Å². The van der Waals surface area contributed by atoms with E-state index < -0.39 is 28.8 Å². The third kappa shape index (κ3) is 4.32. The van der Waals surface area contributed by atoms with E-state index in [0.29, 0.717) is 17.4 Å². The fourth-order valence-electron chi connectivity index (χ4n) is 3.96. The zero-order chi connectivity index (χ0) is 24.4. The second kappa shape index (κ2) is 9.52. The SMILES string of the molecule is CCn1cc([C@H](c2ccccc2Cl)[C@@H](C)c2nc(C(=O)Nc3cnoc3)c(O)c(=O)n2C)cn1. The van der Waals surface area contributed by atoms with Crippen LogP contribution in [-0.2, 0) is 13.6 Å². The van der Waals surface area contributed by atoms with E-state index in [1.807, 2.05) is 38.2 Å². The van der Waals surface area contributed by atoms with Crippen LogP contribution < -0.4 is 10.9 Å². The highest BCUT2D eigenvalue weighted by atomic mass is 35.5. The van der Waals surface area contributed by atoms with Gasteiger partial charge in [-0.3, -0.25) is 18.8 Å². The topological polar surface area (TPSA) is 128 Å². The van der Waals surface area contributed by atoms with Gasteiger partial charge in [-0.1, -0.05) is 41.9 Å². The Bertz CT molecular complexity index is 1380. The van der Waals surface area contributed by atoms with Crippen LogP contribution >= 0.6 is 11.6 Å². The molecular weight excluding hydrogens is 460 g/mol. The molecule has 0 aliphatic rings. The minimum Gasteiger partial charge on any atom is -0.501 e. The Labute approximate surface area is 199 Å². The van der Waals surface area contributed by atoms with Gasteiger partial charge in [0.15, 0.2) is 5.69 Å². The molecule has 0 aliphatic carbocycles. The lowest BCUT2D eigenvalue weighted by atomic mass is 9.82. The van der Waals surface area contributed by atoms with Gasteiger partial charge in [0.05, 0.1) is 12.4 Å². The molecule has 0 bridgehead atoms. The lowest BCUT2D eigenvalue weighted by Gasteiger charge is -2.26.